The minimum absolute atomic E-state index is 0.394. The summed E-state index contributed by atoms with van der Waals surface area (Å²) in [5.74, 6) is 0. The highest BCUT2D eigenvalue weighted by Gasteiger charge is 2.11. The van der Waals surface area contributed by atoms with Crippen LogP contribution < -0.4 is 0 Å². The van der Waals surface area contributed by atoms with Crippen molar-refractivity contribution in [1.29, 1.82) is 0 Å². The van der Waals surface area contributed by atoms with Gasteiger partial charge in [-0.25, -0.2) is 14.6 Å². The smallest absolute Gasteiger partial charge is 0.167 e. The van der Waals surface area contributed by atoms with Crippen molar-refractivity contribution < 1.29 is 0 Å². The summed E-state index contributed by atoms with van der Waals surface area (Å²) in [7, 11) is 0. The van der Waals surface area contributed by atoms with E-state index in [0.29, 0.717) is 15.8 Å². The molecule has 0 fully saturated rings. The third-order valence-electron chi connectivity index (χ3n) is 2.72. The molecule has 0 N–H and O–H groups in total. The number of benzene rings is 1. The standard InChI is InChI=1S/C12H8Cl2N4/c1-7-2-3-8(13)4-10(7)18-12-9(5-17-18)11(14)15-6-16-12/h2-6H,1H3. The van der Waals surface area contributed by atoms with Crippen LogP contribution in [-0.2, 0) is 0 Å². The number of nitrogens with zero attached hydrogens (tertiary/aromatic N) is 4. The largest absolute Gasteiger partial charge is 0.224 e. The van der Waals surface area contributed by atoms with Gasteiger partial charge in [0.15, 0.2) is 5.65 Å². The normalized spacial score (nSPS) is 11.1. The maximum atomic E-state index is 6.02. The van der Waals surface area contributed by atoms with Crippen LogP contribution in [0.15, 0.2) is 30.7 Å². The fourth-order valence-corrected chi connectivity index (χ4v) is 2.15. The predicted octanol–water partition coefficient (Wildman–Crippen LogP) is 3.43. The topological polar surface area (TPSA) is 43.6 Å². The van der Waals surface area contributed by atoms with Crippen LogP contribution in [0.5, 0.6) is 0 Å². The molecule has 0 atom stereocenters. The molecule has 18 heavy (non-hydrogen) atoms. The van der Waals surface area contributed by atoms with Gasteiger partial charge in [0.05, 0.1) is 17.3 Å². The first-order valence-corrected chi connectivity index (χ1v) is 6.03. The summed E-state index contributed by atoms with van der Waals surface area (Å²) in [6.07, 6.45) is 3.07. The van der Waals surface area contributed by atoms with Gasteiger partial charge in [-0.15, -0.1) is 0 Å². The average Bonchev–Trinajstić information content (AvgIpc) is 2.77. The van der Waals surface area contributed by atoms with E-state index in [9.17, 15) is 0 Å². The fraction of sp³-hybridized carbons (Fsp3) is 0.0833. The summed E-state index contributed by atoms with van der Waals surface area (Å²) in [6, 6.07) is 5.63. The summed E-state index contributed by atoms with van der Waals surface area (Å²) < 4.78 is 1.71. The van der Waals surface area contributed by atoms with Crippen molar-refractivity contribution >= 4 is 34.2 Å². The molecule has 3 aromatic rings. The van der Waals surface area contributed by atoms with Crippen molar-refractivity contribution in [2.75, 3.05) is 0 Å². The number of aromatic nitrogens is 4. The number of halogens is 2. The molecule has 0 spiro atoms. The van der Waals surface area contributed by atoms with Crippen LogP contribution in [0.4, 0.5) is 0 Å². The van der Waals surface area contributed by atoms with Gasteiger partial charge in [-0.3, -0.25) is 0 Å². The molecule has 1 aromatic carbocycles. The summed E-state index contributed by atoms with van der Waals surface area (Å²) in [6.45, 7) is 1.99. The zero-order valence-electron chi connectivity index (χ0n) is 9.43. The average molecular weight is 279 g/mol. The van der Waals surface area contributed by atoms with Crippen LogP contribution in [0.2, 0.25) is 10.2 Å². The number of aryl methyl sites for hydroxylation is 1. The molecule has 3 rings (SSSR count). The molecule has 0 aliphatic heterocycles. The Labute approximate surface area is 113 Å². The molecule has 0 saturated heterocycles. The van der Waals surface area contributed by atoms with E-state index in [-0.39, 0.29) is 0 Å². The third kappa shape index (κ3) is 1.74. The summed E-state index contributed by atoms with van der Waals surface area (Å²) in [4.78, 5) is 8.14. The lowest BCUT2D eigenvalue weighted by Gasteiger charge is -2.07. The quantitative estimate of drug-likeness (QED) is 0.641. The molecule has 0 aliphatic carbocycles. The Kier molecular flexibility index (Phi) is 2.69. The summed E-state index contributed by atoms with van der Waals surface area (Å²) >= 11 is 12.0. The van der Waals surface area contributed by atoms with Crippen LogP contribution in [0.1, 0.15) is 5.56 Å². The van der Waals surface area contributed by atoms with E-state index in [0.717, 1.165) is 16.6 Å². The van der Waals surface area contributed by atoms with Gasteiger partial charge in [-0.2, -0.15) is 5.10 Å². The first kappa shape index (κ1) is 11.4. The Morgan fingerprint density at radius 2 is 2.00 bits per heavy atom. The van der Waals surface area contributed by atoms with Gasteiger partial charge in [-0.1, -0.05) is 29.3 Å². The van der Waals surface area contributed by atoms with Crippen molar-refractivity contribution in [3.05, 3.63) is 46.5 Å². The lowest BCUT2D eigenvalue weighted by atomic mass is 10.2. The number of rotatable bonds is 1. The van der Waals surface area contributed by atoms with E-state index < -0.39 is 0 Å². The molecular formula is C12H8Cl2N4. The first-order chi connectivity index (χ1) is 8.66. The Hall–Kier alpha value is -1.65. The molecule has 2 heterocycles. The van der Waals surface area contributed by atoms with Crippen molar-refractivity contribution in [3.8, 4) is 5.69 Å². The van der Waals surface area contributed by atoms with Gasteiger partial charge in [-0.05, 0) is 24.6 Å². The predicted molar refractivity (Wildman–Crippen MR) is 71.4 cm³/mol. The van der Waals surface area contributed by atoms with Crippen molar-refractivity contribution in [2.45, 2.75) is 6.92 Å². The summed E-state index contributed by atoms with van der Waals surface area (Å²) in [5, 5.41) is 6.07. The maximum absolute atomic E-state index is 6.02. The van der Waals surface area contributed by atoms with E-state index in [1.165, 1.54) is 6.33 Å². The molecule has 0 aliphatic rings. The highest BCUT2D eigenvalue weighted by atomic mass is 35.5. The van der Waals surface area contributed by atoms with Crippen molar-refractivity contribution in [1.82, 2.24) is 19.7 Å². The molecular weight excluding hydrogens is 271 g/mol. The minimum Gasteiger partial charge on any atom is -0.224 e. The monoisotopic (exact) mass is 278 g/mol. The fourth-order valence-electron chi connectivity index (χ4n) is 1.80. The zero-order chi connectivity index (χ0) is 12.7. The highest BCUT2D eigenvalue weighted by molar-refractivity contribution is 6.33. The van der Waals surface area contributed by atoms with Crippen LogP contribution >= 0.6 is 23.2 Å². The van der Waals surface area contributed by atoms with E-state index >= 15 is 0 Å². The lowest BCUT2D eigenvalue weighted by Crippen LogP contribution is -2.00. The second kappa shape index (κ2) is 4.23. The SMILES string of the molecule is Cc1ccc(Cl)cc1-n1ncc2c(Cl)ncnc21. The Bertz CT molecular complexity index is 736. The van der Waals surface area contributed by atoms with Crippen LogP contribution in [0.3, 0.4) is 0 Å². The van der Waals surface area contributed by atoms with Gasteiger partial charge in [0.2, 0.25) is 0 Å². The number of hydrogen-bond acceptors (Lipinski definition) is 3. The van der Waals surface area contributed by atoms with Crippen LogP contribution in [-0.4, -0.2) is 19.7 Å². The maximum Gasteiger partial charge on any atom is 0.167 e. The first-order valence-electron chi connectivity index (χ1n) is 5.27. The Morgan fingerprint density at radius 1 is 1.17 bits per heavy atom. The van der Waals surface area contributed by atoms with Gasteiger partial charge >= 0.3 is 0 Å². The number of hydrogen-bond donors (Lipinski definition) is 0. The molecule has 4 nitrogen and oxygen atoms in total. The van der Waals surface area contributed by atoms with Crippen molar-refractivity contribution in [3.63, 3.8) is 0 Å². The van der Waals surface area contributed by atoms with E-state index in [1.807, 2.05) is 25.1 Å². The molecule has 6 heteroatoms. The Balaban J connectivity index is 2.32. The second-order valence-electron chi connectivity index (χ2n) is 3.89. The minimum atomic E-state index is 0.394. The van der Waals surface area contributed by atoms with Gasteiger partial charge < -0.3 is 0 Å². The third-order valence-corrected chi connectivity index (χ3v) is 3.25. The van der Waals surface area contributed by atoms with E-state index in [2.05, 4.69) is 15.1 Å². The molecule has 0 bridgehead atoms. The van der Waals surface area contributed by atoms with Crippen LogP contribution in [0.25, 0.3) is 16.7 Å². The molecule has 2 aromatic heterocycles. The second-order valence-corrected chi connectivity index (χ2v) is 4.68. The zero-order valence-corrected chi connectivity index (χ0v) is 10.9. The van der Waals surface area contributed by atoms with E-state index in [1.54, 1.807) is 10.9 Å². The molecule has 0 radical (unpaired) electrons. The van der Waals surface area contributed by atoms with E-state index in [4.69, 9.17) is 23.2 Å². The summed E-state index contributed by atoms with van der Waals surface area (Å²) in [5.41, 5.74) is 2.60. The lowest BCUT2D eigenvalue weighted by molar-refractivity contribution is 0.887. The molecule has 0 saturated carbocycles. The number of fused-ring (bicyclic) bond motifs is 1. The molecule has 90 valence electrons. The Morgan fingerprint density at radius 3 is 2.83 bits per heavy atom. The van der Waals surface area contributed by atoms with Gasteiger partial charge in [0, 0.05) is 5.02 Å². The molecule has 0 amide bonds. The highest BCUT2D eigenvalue weighted by Crippen LogP contribution is 2.24. The van der Waals surface area contributed by atoms with Crippen LogP contribution in [0, 0.1) is 6.92 Å². The van der Waals surface area contributed by atoms with Gasteiger partial charge in [0.1, 0.15) is 11.5 Å². The van der Waals surface area contributed by atoms with Gasteiger partial charge in [0.25, 0.3) is 0 Å². The van der Waals surface area contributed by atoms with Crippen molar-refractivity contribution in [2.24, 2.45) is 0 Å². The molecule has 0 unspecified atom stereocenters.